The molecule has 0 aliphatic heterocycles. The Morgan fingerprint density at radius 1 is 0.456 bits per heavy atom. The van der Waals surface area contributed by atoms with Gasteiger partial charge in [-0.05, 0) is 42.5 Å². The zero-order chi connectivity index (χ0) is 45.3. The van der Waals surface area contributed by atoms with Crippen molar-refractivity contribution in [3.8, 4) is 45.5 Å². The van der Waals surface area contributed by atoms with E-state index in [1.54, 1.807) is 17.4 Å². The first-order chi connectivity index (χ1) is 33.4. The smallest absolute Gasteiger partial charge is 0.418 e. The number of rotatable bonds is 5. The highest BCUT2D eigenvalue weighted by molar-refractivity contribution is 7.27. The molecule has 0 aliphatic carbocycles. The Morgan fingerprint density at radius 2 is 0.956 bits per heavy atom. The standard InChI is InChI=1S/C58H32F3N5OS/c59-58(60,61)41-32-40(57-63-55(33-18-4-1-5-19-33)62-56(64-57)34-20-6-2-7-21-34)53-47(38-26-12-16-30-44(38)67-53)50(41)66-43-29-15-11-25-37(43)48-52(66)46-36-24-10-14-28-42(36)65(35-22-8-3-9-23-35)51(46)49-39-27-13-17-31-45(39)68-54(48)49/h1-32H. The van der Waals surface area contributed by atoms with E-state index in [1.807, 2.05) is 144 Å². The highest BCUT2D eigenvalue weighted by Crippen LogP contribution is 2.54. The Hall–Kier alpha value is -8.60. The Morgan fingerprint density at radius 3 is 1.62 bits per heavy atom. The van der Waals surface area contributed by atoms with Gasteiger partial charge < -0.3 is 13.6 Å². The molecule has 0 fully saturated rings. The molecule has 6 nitrogen and oxygen atoms in total. The summed E-state index contributed by atoms with van der Waals surface area (Å²) in [5.74, 6) is 0.702. The molecule has 9 aromatic carbocycles. The number of fused-ring (bicyclic) bond motifs is 15. The van der Waals surface area contributed by atoms with Gasteiger partial charge in [0.15, 0.2) is 17.5 Å². The van der Waals surface area contributed by atoms with Gasteiger partial charge in [-0.3, -0.25) is 0 Å². The van der Waals surface area contributed by atoms with Crippen molar-refractivity contribution >= 4 is 97.1 Å². The monoisotopic (exact) mass is 903 g/mol. The van der Waals surface area contributed by atoms with Crippen LogP contribution in [-0.4, -0.2) is 24.1 Å². The SMILES string of the molecule is FC(F)(F)c1cc(-c2nc(-c3ccccc3)nc(-c3ccccc3)n2)c2oc3ccccc3c2c1-n1c2ccccc2c2c3sc4ccccc4c3c3c(c4ccccc4n3-c3ccccc3)c21. The molecular weight excluding hydrogens is 872 g/mol. The molecule has 0 N–H and O–H groups in total. The molecule has 0 atom stereocenters. The molecular formula is C58H32F3N5OS. The lowest BCUT2D eigenvalue weighted by atomic mass is 9.99. The first-order valence-corrected chi connectivity index (χ1v) is 23.0. The number of para-hydroxylation sites is 4. The van der Waals surface area contributed by atoms with Gasteiger partial charge in [0.25, 0.3) is 0 Å². The molecule has 0 radical (unpaired) electrons. The van der Waals surface area contributed by atoms with Crippen LogP contribution in [0.5, 0.6) is 0 Å². The van der Waals surface area contributed by atoms with E-state index in [0.29, 0.717) is 50.2 Å². The molecule has 68 heavy (non-hydrogen) atoms. The molecule has 0 bridgehead atoms. The molecule has 322 valence electrons. The normalized spacial score (nSPS) is 12.3. The van der Waals surface area contributed by atoms with Gasteiger partial charge in [0.05, 0.1) is 44.3 Å². The quantitative estimate of drug-likeness (QED) is 0.173. The van der Waals surface area contributed by atoms with Crippen molar-refractivity contribution < 1.29 is 17.6 Å². The van der Waals surface area contributed by atoms with Gasteiger partial charge >= 0.3 is 6.18 Å². The molecule has 0 saturated carbocycles. The molecule has 0 unspecified atom stereocenters. The van der Waals surface area contributed by atoms with E-state index in [2.05, 4.69) is 47.0 Å². The number of aromatic nitrogens is 5. The van der Waals surface area contributed by atoms with Crippen molar-refractivity contribution in [1.29, 1.82) is 0 Å². The fourth-order valence-corrected chi connectivity index (χ4v) is 11.6. The summed E-state index contributed by atoms with van der Waals surface area (Å²) in [6.07, 6.45) is -4.87. The number of furan rings is 1. The first kappa shape index (κ1) is 38.6. The topological polar surface area (TPSA) is 61.7 Å². The van der Waals surface area contributed by atoms with Crippen molar-refractivity contribution in [2.45, 2.75) is 6.18 Å². The molecule has 0 aliphatic rings. The summed E-state index contributed by atoms with van der Waals surface area (Å²) in [7, 11) is 0. The predicted octanol–water partition coefficient (Wildman–Crippen LogP) is 16.4. The molecule has 14 rings (SSSR count). The van der Waals surface area contributed by atoms with E-state index in [-0.39, 0.29) is 22.7 Å². The van der Waals surface area contributed by atoms with Gasteiger partial charge in [-0.2, -0.15) is 13.2 Å². The molecule has 5 aromatic heterocycles. The third-order valence-corrected chi connectivity index (χ3v) is 14.3. The van der Waals surface area contributed by atoms with Crippen LogP contribution >= 0.6 is 11.3 Å². The molecule has 0 saturated heterocycles. The maximum absolute atomic E-state index is 16.7. The largest absolute Gasteiger partial charge is 0.455 e. The number of benzene rings is 9. The van der Waals surface area contributed by atoms with E-state index >= 15 is 13.2 Å². The van der Waals surface area contributed by atoms with Crippen LogP contribution in [0.2, 0.25) is 0 Å². The van der Waals surface area contributed by atoms with Gasteiger partial charge in [-0.25, -0.2) is 15.0 Å². The van der Waals surface area contributed by atoms with Crippen molar-refractivity contribution in [3.63, 3.8) is 0 Å². The minimum atomic E-state index is -4.87. The maximum atomic E-state index is 16.7. The van der Waals surface area contributed by atoms with Crippen LogP contribution in [0, 0.1) is 0 Å². The molecule has 0 amide bonds. The van der Waals surface area contributed by atoms with Crippen LogP contribution < -0.4 is 0 Å². The van der Waals surface area contributed by atoms with Crippen molar-refractivity contribution in [2.24, 2.45) is 0 Å². The molecule has 14 aromatic rings. The Bertz CT molecular complexity index is 4300. The molecule has 10 heteroatoms. The van der Waals surface area contributed by atoms with E-state index in [1.165, 1.54) is 6.07 Å². The second kappa shape index (κ2) is 14.4. The number of nitrogens with zero attached hydrogens (tertiary/aromatic N) is 5. The third-order valence-electron chi connectivity index (χ3n) is 13.1. The highest BCUT2D eigenvalue weighted by atomic mass is 32.1. The summed E-state index contributed by atoms with van der Waals surface area (Å²) in [6.45, 7) is 0. The van der Waals surface area contributed by atoms with E-state index in [9.17, 15) is 0 Å². The minimum Gasteiger partial charge on any atom is -0.455 e. The maximum Gasteiger partial charge on any atom is 0.418 e. The third kappa shape index (κ3) is 5.55. The number of halogens is 3. The zero-order valence-corrected chi connectivity index (χ0v) is 36.5. The van der Waals surface area contributed by atoms with Crippen LogP contribution in [0.3, 0.4) is 0 Å². The van der Waals surface area contributed by atoms with Crippen molar-refractivity contribution in [2.75, 3.05) is 0 Å². The van der Waals surface area contributed by atoms with Gasteiger partial charge in [-0.1, -0.05) is 152 Å². The molecule has 0 spiro atoms. The van der Waals surface area contributed by atoms with Crippen LogP contribution in [0.4, 0.5) is 13.2 Å². The lowest BCUT2D eigenvalue weighted by Gasteiger charge is -2.19. The summed E-state index contributed by atoms with van der Waals surface area (Å²) in [5.41, 5.74) is 5.38. The Kier molecular flexibility index (Phi) is 8.21. The lowest BCUT2D eigenvalue weighted by Crippen LogP contribution is -2.12. The van der Waals surface area contributed by atoms with Gasteiger partial charge in [0, 0.05) is 63.9 Å². The predicted molar refractivity (Wildman–Crippen MR) is 270 cm³/mol. The lowest BCUT2D eigenvalue weighted by molar-refractivity contribution is -0.137. The Labute approximate surface area is 388 Å². The summed E-state index contributed by atoms with van der Waals surface area (Å²) in [5, 5.41) is 6.46. The van der Waals surface area contributed by atoms with Gasteiger partial charge in [0.1, 0.15) is 11.2 Å². The van der Waals surface area contributed by atoms with Crippen molar-refractivity contribution in [1.82, 2.24) is 24.1 Å². The number of alkyl halides is 3. The fraction of sp³-hybridized carbons (Fsp3) is 0.0172. The van der Waals surface area contributed by atoms with E-state index in [0.717, 1.165) is 58.4 Å². The van der Waals surface area contributed by atoms with Crippen molar-refractivity contribution in [3.05, 3.63) is 200 Å². The van der Waals surface area contributed by atoms with E-state index in [4.69, 9.17) is 19.4 Å². The fourth-order valence-electron chi connectivity index (χ4n) is 10.4. The second-order valence-electron chi connectivity index (χ2n) is 16.9. The van der Waals surface area contributed by atoms with E-state index < -0.39 is 11.7 Å². The zero-order valence-electron chi connectivity index (χ0n) is 35.7. The van der Waals surface area contributed by atoms with Crippen LogP contribution in [0.15, 0.2) is 199 Å². The summed E-state index contributed by atoms with van der Waals surface area (Å²) < 4.78 is 63.3. The summed E-state index contributed by atoms with van der Waals surface area (Å²) in [4.78, 5) is 14.7. The second-order valence-corrected chi connectivity index (χ2v) is 18.0. The summed E-state index contributed by atoms with van der Waals surface area (Å²) >= 11 is 1.67. The number of hydrogen-bond acceptors (Lipinski definition) is 5. The number of thiophene rings is 1. The average molecular weight is 904 g/mol. The molecule has 5 heterocycles. The van der Waals surface area contributed by atoms with Crippen LogP contribution in [0.1, 0.15) is 5.56 Å². The van der Waals surface area contributed by atoms with Gasteiger partial charge in [0.2, 0.25) is 0 Å². The minimum absolute atomic E-state index is 0.0358. The average Bonchev–Trinajstić information content (AvgIpc) is 4.14. The number of hydrogen-bond donors (Lipinski definition) is 0. The summed E-state index contributed by atoms with van der Waals surface area (Å²) in [6, 6.07) is 61.9. The van der Waals surface area contributed by atoms with Gasteiger partial charge in [-0.15, -0.1) is 11.3 Å². The highest BCUT2D eigenvalue weighted by Gasteiger charge is 2.39. The first-order valence-electron chi connectivity index (χ1n) is 22.2. The Balaban J connectivity index is 1.21. The van der Waals surface area contributed by atoms with Crippen LogP contribution in [0.25, 0.3) is 131 Å². The van der Waals surface area contributed by atoms with Crippen LogP contribution in [-0.2, 0) is 6.18 Å².